The van der Waals surface area contributed by atoms with Crippen molar-refractivity contribution in [2.24, 2.45) is 11.3 Å². The van der Waals surface area contributed by atoms with Gasteiger partial charge >= 0.3 is 0 Å². The maximum atomic E-state index is 13.1. The van der Waals surface area contributed by atoms with E-state index < -0.39 is 10.0 Å². The molecular formula is C23H30N2O5S2. The number of carbonyl (C=O) groups excluding carboxylic acids is 1. The Morgan fingerprint density at radius 1 is 1.12 bits per heavy atom. The first-order valence-corrected chi connectivity index (χ1v) is 13.2. The number of carbonyl (C=O) groups is 1. The lowest BCUT2D eigenvalue weighted by molar-refractivity contribution is -0.127. The van der Waals surface area contributed by atoms with Gasteiger partial charge < -0.3 is 14.8 Å². The summed E-state index contributed by atoms with van der Waals surface area (Å²) in [5.74, 6) is 0.805. The summed E-state index contributed by atoms with van der Waals surface area (Å²) in [4.78, 5) is 14.4. The number of ether oxygens (including phenoxy) is 2. The fourth-order valence-electron chi connectivity index (χ4n) is 4.12. The van der Waals surface area contributed by atoms with Gasteiger partial charge in [0.05, 0.1) is 10.9 Å². The summed E-state index contributed by atoms with van der Waals surface area (Å²) in [5, 5.41) is 5.24. The van der Waals surface area contributed by atoms with Crippen molar-refractivity contribution in [2.75, 3.05) is 26.3 Å². The van der Waals surface area contributed by atoms with E-state index in [9.17, 15) is 13.2 Å². The minimum atomic E-state index is -3.66. The molecule has 0 saturated carbocycles. The first-order chi connectivity index (χ1) is 15.2. The van der Waals surface area contributed by atoms with Gasteiger partial charge in [-0.25, -0.2) is 8.42 Å². The van der Waals surface area contributed by atoms with E-state index in [2.05, 4.69) is 26.1 Å². The summed E-state index contributed by atoms with van der Waals surface area (Å²) < 4.78 is 38.8. The first kappa shape index (κ1) is 23.1. The van der Waals surface area contributed by atoms with Crippen LogP contribution in [0.2, 0.25) is 0 Å². The normalized spacial score (nSPS) is 18.8. The molecule has 4 rings (SSSR count). The SMILES string of the molecule is CC(C)(C)C(NC(=O)C1CCN(S(=O)(=O)c2ccc3c(c2)OCCO3)CC1)c1cccs1. The number of benzene rings is 1. The lowest BCUT2D eigenvalue weighted by Crippen LogP contribution is -2.45. The quantitative estimate of drug-likeness (QED) is 0.706. The van der Waals surface area contributed by atoms with E-state index in [0.717, 1.165) is 4.88 Å². The number of fused-ring (bicyclic) bond motifs is 1. The van der Waals surface area contributed by atoms with Gasteiger partial charge in [0.1, 0.15) is 13.2 Å². The van der Waals surface area contributed by atoms with Crippen LogP contribution in [0.5, 0.6) is 11.5 Å². The zero-order valence-electron chi connectivity index (χ0n) is 18.7. The highest BCUT2D eigenvalue weighted by atomic mass is 32.2. The molecule has 0 aliphatic carbocycles. The molecule has 1 aromatic carbocycles. The molecule has 1 amide bonds. The Bertz CT molecular complexity index is 1050. The average molecular weight is 479 g/mol. The van der Waals surface area contributed by atoms with Crippen LogP contribution in [0.25, 0.3) is 0 Å². The smallest absolute Gasteiger partial charge is 0.243 e. The third-order valence-corrected chi connectivity index (χ3v) is 8.79. The highest BCUT2D eigenvalue weighted by Crippen LogP contribution is 2.37. The highest BCUT2D eigenvalue weighted by Gasteiger charge is 2.35. The molecule has 9 heteroatoms. The summed E-state index contributed by atoms with van der Waals surface area (Å²) in [6.07, 6.45) is 0.994. The Balaban J connectivity index is 1.40. The molecule has 0 bridgehead atoms. The molecule has 7 nitrogen and oxygen atoms in total. The van der Waals surface area contributed by atoms with Crippen molar-refractivity contribution in [3.05, 3.63) is 40.6 Å². The van der Waals surface area contributed by atoms with Crippen LogP contribution in [0.1, 0.15) is 44.5 Å². The number of piperidine rings is 1. The molecule has 32 heavy (non-hydrogen) atoms. The molecular weight excluding hydrogens is 448 g/mol. The predicted octanol–water partition coefficient (Wildman–Crippen LogP) is 3.82. The van der Waals surface area contributed by atoms with Gasteiger partial charge in [-0.3, -0.25) is 4.79 Å². The third kappa shape index (κ3) is 4.79. The van der Waals surface area contributed by atoms with Crippen molar-refractivity contribution < 1.29 is 22.7 Å². The lowest BCUT2D eigenvalue weighted by atomic mass is 9.85. The highest BCUT2D eigenvalue weighted by molar-refractivity contribution is 7.89. The van der Waals surface area contributed by atoms with Gasteiger partial charge in [0.15, 0.2) is 11.5 Å². The molecule has 2 aliphatic heterocycles. The predicted molar refractivity (Wildman–Crippen MR) is 124 cm³/mol. The topological polar surface area (TPSA) is 84.9 Å². The van der Waals surface area contributed by atoms with Crippen LogP contribution >= 0.6 is 11.3 Å². The van der Waals surface area contributed by atoms with Gasteiger partial charge in [-0.15, -0.1) is 11.3 Å². The molecule has 0 radical (unpaired) electrons. The van der Waals surface area contributed by atoms with Crippen LogP contribution in [-0.2, 0) is 14.8 Å². The number of sulfonamides is 1. The van der Waals surface area contributed by atoms with Crippen LogP contribution in [0, 0.1) is 11.3 Å². The van der Waals surface area contributed by atoms with Crippen molar-refractivity contribution in [3.8, 4) is 11.5 Å². The Morgan fingerprint density at radius 2 is 1.81 bits per heavy atom. The molecule has 1 unspecified atom stereocenters. The Labute approximate surface area is 193 Å². The number of nitrogens with one attached hydrogen (secondary N) is 1. The van der Waals surface area contributed by atoms with Gasteiger partial charge in [0.2, 0.25) is 15.9 Å². The van der Waals surface area contributed by atoms with E-state index in [0.29, 0.717) is 50.6 Å². The summed E-state index contributed by atoms with van der Waals surface area (Å²) in [5.41, 5.74) is -0.122. The van der Waals surface area contributed by atoms with Crippen molar-refractivity contribution in [1.82, 2.24) is 9.62 Å². The molecule has 3 heterocycles. The van der Waals surface area contributed by atoms with Crippen LogP contribution < -0.4 is 14.8 Å². The second-order valence-electron chi connectivity index (χ2n) is 9.31. The van der Waals surface area contributed by atoms with Gasteiger partial charge in [-0.05, 0) is 41.8 Å². The number of rotatable bonds is 5. The number of hydrogen-bond donors (Lipinski definition) is 1. The minimum Gasteiger partial charge on any atom is -0.486 e. The molecule has 1 fully saturated rings. The molecule has 0 spiro atoms. The number of nitrogens with zero attached hydrogens (tertiary/aromatic N) is 1. The maximum absolute atomic E-state index is 13.1. The zero-order valence-corrected chi connectivity index (χ0v) is 20.3. The monoisotopic (exact) mass is 478 g/mol. The standard InChI is InChI=1S/C23H30N2O5S2/c1-23(2,3)21(20-5-4-14-31-20)24-22(26)16-8-10-25(11-9-16)32(27,28)17-6-7-18-19(15-17)30-13-12-29-18/h4-7,14-16,21H,8-13H2,1-3H3,(H,24,26). The summed E-state index contributed by atoms with van der Waals surface area (Å²) in [7, 11) is -3.66. The fourth-order valence-corrected chi connectivity index (χ4v) is 6.63. The maximum Gasteiger partial charge on any atom is 0.243 e. The summed E-state index contributed by atoms with van der Waals surface area (Å²) in [6, 6.07) is 8.68. The van der Waals surface area contributed by atoms with E-state index in [1.165, 1.54) is 10.4 Å². The Morgan fingerprint density at radius 3 is 2.44 bits per heavy atom. The van der Waals surface area contributed by atoms with Crippen LogP contribution in [-0.4, -0.2) is 44.9 Å². The van der Waals surface area contributed by atoms with E-state index in [4.69, 9.17) is 9.47 Å². The molecule has 1 N–H and O–H groups in total. The molecule has 174 valence electrons. The van der Waals surface area contributed by atoms with Gasteiger partial charge in [-0.1, -0.05) is 26.8 Å². The van der Waals surface area contributed by atoms with Crippen LogP contribution in [0.4, 0.5) is 0 Å². The summed E-state index contributed by atoms with van der Waals surface area (Å²) >= 11 is 1.64. The second kappa shape index (κ2) is 9.03. The van der Waals surface area contributed by atoms with Crippen LogP contribution in [0.15, 0.2) is 40.6 Å². The van der Waals surface area contributed by atoms with Crippen molar-refractivity contribution in [2.45, 2.75) is 44.6 Å². The number of amides is 1. The van der Waals surface area contributed by atoms with E-state index in [1.54, 1.807) is 23.5 Å². The zero-order chi connectivity index (χ0) is 22.9. The second-order valence-corrected chi connectivity index (χ2v) is 12.2. The Hall–Kier alpha value is -2.10. The van der Waals surface area contributed by atoms with E-state index in [-0.39, 0.29) is 28.2 Å². The molecule has 1 atom stereocenters. The molecule has 1 saturated heterocycles. The third-order valence-electron chi connectivity index (χ3n) is 5.96. The Kier molecular flexibility index (Phi) is 6.51. The summed E-state index contributed by atoms with van der Waals surface area (Å²) in [6.45, 7) is 7.82. The largest absolute Gasteiger partial charge is 0.486 e. The van der Waals surface area contributed by atoms with Gasteiger partial charge in [0, 0.05) is 30.0 Å². The first-order valence-electron chi connectivity index (χ1n) is 10.9. The van der Waals surface area contributed by atoms with Crippen molar-refractivity contribution >= 4 is 27.3 Å². The molecule has 1 aromatic heterocycles. The van der Waals surface area contributed by atoms with Gasteiger partial charge in [-0.2, -0.15) is 4.31 Å². The lowest BCUT2D eigenvalue weighted by Gasteiger charge is -2.34. The van der Waals surface area contributed by atoms with Crippen molar-refractivity contribution in [3.63, 3.8) is 0 Å². The van der Waals surface area contributed by atoms with Crippen LogP contribution in [0.3, 0.4) is 0 Å². The molecule has 2 aromatic rings. The van der Waals surface area contributed by atoms with Gasteiger partial charge in [0.25, 0.3) is 0 Å². The minimum absolute atomic E-state index is 0.00491. The number of hydrogen-bond acceptors (Lipinski definition) is 6. The van der Waals surface area contributed by atoms with E-state index >= 15 is 0 Å². The fraction of sp³-hybridized carbons (Fsp3) is 0.522. The average Bonchev–Trinajstić information content (AvgIpc) is 3.30. The van der Waals surface area contributed by atoms with Crippen molar-refractivity contribution in [1.29, 1.82) is 0 Å². The number of thiophene rings is 1. The van der Waals surface area contributed by atoms with E-state index in [1.807, 2.05) is 17.5 Å². The molecule has 2 aliphatic rings.